The molecule has 0 unspecified atom stereocenters. The number of anilines is 1. The summed E-state index contributed by atoms with van der Waals surface area (Å²) >= 11 is 6.18. The third-order valence-electron chi connectivity index (χ3n) is 3.58. The van der Waals surface area contributed by atoms with Crippen molar-refractivity contribution in [3.8, 4) is 5.75 Å². The van der Waals surface area contributed by atoms with E-state index in [0.29, 0.717) is 36.3 Å². The monoisotopic (exact) mass is 378 g/mol. The fraction of sp³-hybridized carbons (Fsp3) is 0.316. The Labute approximate surface area is 158 Å². The molecule has 0 aromatic heterocycles. The molecular weight excluding hydrogens is 356 g/mol. The van der Waals surface area contributed by atoms with Crippen LogP contribution in [0.1, 0.15) is 18.5 Å². The number of benzene rings is 2. The van der Waals surface area contributed by atoms with Crippen molar-refractivity contribution in [3.05, 3.63) is 59.1 Å². The van der Waals surface area contributed by atoms with Crippen LogP contribution in [0.4, 0.5) is 10.5 Å². The van der Waals surface area contributed by atoms with Gasteiger partial charge in [-0.15, -0.1) is 0 Å². The van der Waals surface area contributed by atoms with Crippen molar-refractivity contribution in [3.63, 3.8) is 0 Å². The molecule has 0 aliphatic heterocycles. The number of ether oxygens (including phenoxy) is 2. The number of amides is 2. The number of aliphatic hydroxyl groups excluding tert-OH is 1. The molecule has 2 aromatic rings. The normalized spacial score (nSPS) is 11.7. The summed E-state index contributed by atoms with van der Waals surface area (Å²) in [4.78, 5) is 12.3. The van der Waals surface area contributed by atoms with E-state index >= 15 is 0 Å². The van der Waals surface area contributed by atoms with E-state index in [2.05, 4.69) is 10.6 Å². The number of carbonyl (C=O) groups is 1. The van der Waals surface area contributed by atoms with Gasteiger partial charge in [0.25, 0.3) is 0 Å². The SMILES string of the molecule is CCOCCOc1c(Cl)cccc1NC(=O)N[C@H](CO)c1ccccc1. The van der Waals surface area contributed by atoms with Crippen LogP contribution in [0.15, 0.2) is 48.5 Å². The van der Waals surface area contributed by atoms with E-state index in [-0.39, 0.29) is 6.61 Å². The number of para-hydroxylation sites is 1. The van der Waals surface area contributed by atoms with Gasteiger partial charge in [0.1, 0.15) is 6.61 Å². The largest absolute Gasteiger partial charge is 0.487 e. The lowest BCUT2D eigenvalue weighted by Crippen LogP contribution is -2.34. The highest BCUT2D eigenvalue weighted by molar-refractivity contribution is 6.32. The molecule has 0 fully saturated rings. The van der Waals surface area contributed by atoms with Gasteiger partial charge < -0.3 is 25.2 Å². The molecule has 2 rings (SSSR count). The average Bonchev–Trinajstić information content (AvgIpc) is 2.65. The quantitative estimate of drug-likeness (QED) is 0.582. The number of aliphatic hydroxyl groups is 1. The standard InChI is InChI=1S/C19H23ClN2O4/c1-2-25-11-12-26-18-15(20)9-6-10-16(18)21-19(24)22-17(13-23)14-7-4-3-5-8-14/h3-10,17,23H,2,11-13H2,1H3,(H2,21,22,24)/t17-/m1/s1. The summed E-state index contributed by atoms with van der Waals surface area (Å²) in [7, 11) is 0. The van der Waals surface area contributed by atoms with Crippen molar-refractivity contribution < 1.29 is 19.4 Å². The topological polar surface area (TPSA) is 79.8 Å². The van der Waals surface area contributed by atoms with Crippen LogP contribution in [0.5, 0.6) is 5.75 Å². The van der Waals surface area contributed by atoms with Crippen molar-refractivity contribution in [2.45, 2.75) is 13.0 Å². The van der Waals surface area contributed by atoms with E-state index in [1.807, 2.05) is 37.3 Å². The van der Waals surface area contributed by atoms with Crippen molar-refractivity contribution >= 4 is 23.3 Å². The molecule has 0 spiro atoms. The zero-order valence-electron chi connectivity index (χ0n) is 14.6. The predicted octanol–water partition coefficient (Wildman–Crippen LogP) is 3.61. The molecule has 0 saturated heterocycles. The summed E-state index contributed by atoms with van der Waals surface area (Å²) < 4.78 is 10.9. The summed E-state index contributed by atoms with van der Waals surface area (Å²) in [5, 5.41) is 15.4. The van der Waals surface area contributed by atoms with Crippen LogP contribution in [0.3, 0.4) is 0 Å². The Bertz CT molecular complexity index is 697. The number of hydrogen-bond acceptors (Lipinski definition) is 4. The molecule has 0 aliphatic carbocycles. The summed E-state index contributed by atoms with van der Waals surface area (Å²) in [6.45, 7) is 3.02. The van der Waals surface area contributed by atoms with Gasteiger partial charge in [0.2, 0.25) is 0 Å². The first kappa shape index (κ1) is 20.0. The predicted molar refractivity (Wildman–Crippen MR) is 102 cm³/mol. The fourth-order valence-electron chi connectivity index (χ4n) is 2.34. The summed E-state index contributed by atoms with van der Waals surface area (Å²) in [5.41, 5.74) is 1.25. The molecule has 0 saturated carbocycles. The zero-order chi connectivity index (χ0) is 18.8. The van der Waals surface area contributed by atoms with Gasteiger partial charge in [-0.05, 0) is 24.6 Å². The Balaban J connectivity index is 2.02. The van der Waals surface area contributed by atoms with Crippen LogP contribution < -0.4 is 15.4 Å². The van der Waals surface area contributed by atoms with Gasteiger partial charge in [0.05, 0.1) is 30.0 Å². The molecule has 140 valence electrons. The van der Waals surface area contributed by atoms with Crippen molar-refractivity contribution in [1.82, 2.24) is 5.32 Å². The second kappa shape index (κ2) is 10.7. The van der Waals surface area contributed by atoms with Crippen molar-refractivity contribution in [2.75, 3.05) is 31.7 Å². The van der Waals surface area contributed by atoms with Gasteiger partial charge in [0, 0.05) is 6.61 Å². The third-order valence-corrected chi connectivity index (χ3v) is 3.88. The van der Waals surface area contributed by atoms with Crippen LogP contribution >= 0.6 is 11.6 Å². The zero-order valence-corrected chi connectivity index (χ0v) is 15.3. The highest BCUT2D eigenvalue weighted by Crippen LogP contribution is 2.33. The minimum atomic E-state index is -0.516. The van der Waals surface area contributed by atoms with Crippen LogP contribution in [0.25, 0.3) is 0 Å². The first-order valence-corrected chi connectivity index (χ1v) is 8.75. The number of rotatable bonds is 9. The lowest BCUT2D eigenvalue weighted by molar-refractivity contribution is 0.110. The highest BCUT2D eigenvalue weighted by atomic mass is 35.5. The maximum absolute atomic E-state index is 12.3. The van der Waals surface area contributed by atoms with Gasteiger partial charge in [-0.1, -0.05) is 48.0 Å². The molecule has 2 aromatic carbocycles. The highest BCUT2D eigenvalue weighted by Gasteiger charge is 2.16. The van der Waals surface area contributed by atoms with Crippen LogP contribution in [0, 0.1) is 0 Å². The Morgan fingerprint density at radius 3 is 2.62 bits per heavy atom. The molecular formula is C19H23ClN2O4. The molecule has 0 aliphatic rings. The van der Waals surface area contributed by atoms with Gasteiger partial charge >= 0.3 is 6.03 Å². The van der Waals surface area contributed by atoms with E-state index in [1.165, 1.54) is 0 Å². The van der Waals surface area contributed by atoms with E-state index in [0.717, 1.165) is 5.56 Å². The second-order valence-corrected chi connectivity index (χ2v) is 5.81. The second-order valence-electron chi connectivity index (χ2n) is 5.41. The lowest BCUT2D eigenvalue weighted by Gasteiger charge is -2.19. The summed E-state index contributed by atoms with van der Waals surface area (Å²) in [6, 6.07) is 13.3. The van der Waals surface area contributed by atoms with Crippen LogP contribution in [-0.4, -0.2) is 37.6 Å². The molecule has 6 nitrogen and oxygen atoms in total. The summed E-state index contributed by atoms with van der Waals surface area (Å²) in [6.07, 6.45) is 0. The molecule has 2 amide bonds. The van der Waals surface area contributed by atoms with Gasteiger partial charge in [0.15, 0.2) is 5.75 Å². The first-order valence-electron chi connectivity index (χ1n) is 8.38. The van der Waals surface area contributed by atoms with E-state index in [1.54, 1.807) is 18.2 Å². The van der Waals surface area contributed by atoms with Gasteiger partial charge in [-0.25, -0.2) is 4.79 Å². The first-order chi connectivity index (χ1) is 12.7. The number of urea groups is 1. The molecule has 3 N–H and O–H groups in total. The van der Waals surface area contributed by atoms with Crippen LogP contribution in [0.2, 0.25) is 5.02 Å². The smallest absolute Gasteiger partial charge is 0.319 e. The molecule has 0 heterocycles. The Kier molecular flexibility index (Phi) is 8.21. The average molecular weight is 379 g/mol. The third kappa shape index (κ3) is 5.91. The maximum Gasteiger partial charge on any atom is 0.319 e. The number of nitrogens with one attached hydrogen (secondary N) is 2. The van der Waals surface area contributed by atoms with Crippen molar-refractivity contribution in [1.29, 1.82) is 0 Å². The van der Waals surface area contributed by atoms with Gasteiger partial charge in [-0.3, -0.25) is 0 Å². The van der Waals surface area contributed by atoms with E-state index < -0.39 is 12.1 Å². The Morgan fingerprint density at radius 1 is 1.15 bits per heavy atom. The Morgan fingerprint density at radius 2 is 1.92 bits per heavy atom. The molecule has 0 radical (unpaired) electrons. The van der Waals surface area contributed by atoms with Gasteiger partial charge in [-0.2, -0.15) is 0 Å². The lowest BCUT2D eigenvalue weighted by atomic mass is 10.1. The number of hydrogen-bond donors (Lipinski definition) is 3. The minimum absolute atomic E-state index is 0.218. The molecule has 26 heavy (non-hydrogen) atoms. The Hall–Kier alpha value is -2.28. The fourth-order valence-corrected chi connectivity index (χ4v) is 2.57. The maximum atomic E-state index is 12.3. The number of carbonyl (C=O) groups excluding carboxylic acids is 1. The molecule has 1 atom stereocenters. The molecule has 0 bridgehead atoms. The van der Waals surface area contributed by atoms with Crippen LogP contribution in [-0.2, 0) is 4.74 Å². The molecule has 7 heteroatoms. The van der Waals surface area contributed by atoms with Crippen molar-refractivity contribution in [2.24, 2.45) is 0 Å². The number of halogens is 1. The summed E-state index contributed by atoms with van der Waals surface area (Å²) in [5.74, 6) is 0.379. The minimum Gasteiger partial charge on any atom is -0.487 e. The van der Waals surface area contributed by atoms with E-state index in [4.69, 9.17) is 21.1 Å². The van der Waals surface area contributed by atoms with E-state index in [9.17, 15) is 9.90 Å².